The summed E-state index contributed by atoms with van der Waals surface area (Å²) in [4.78, 5) is 14.3. The Morgan fingerprint density at radius 1 is 1.35 bits per heavy atom. The van der Waals surface area contributed by atoms with Gasteiger partial charge in [-0.2, -0.15) is 0 Å². The summed E-state index contributed by atoms with van der Waals surface area (Å²) in [6.45, 7) is 8.89. The summed E-state index contributed by atoms with van der Waals surface area (Å²) in [6.07, 6.45) is 0.986. The Morgan fingerprint density at radius 2 is 2.05 bits per heavy atom. The summed E-state index contributed by atoms with van der Waals surface area (Å²) in [5, 5.41) is 3.37. The van der Waals surface area contributed by atoms with Crippen LogP contribution in [0.15, 0.2) is 24.3 Å². The second-order valence-electron chi connectivity index (χ2n) is 5.99. The summed E-state index contributed by atoms with van der Waals surface area (Å²) >= 11 is 0. The van der Waals surface area contributed by atoms with Crippen molar-refractivity contribution in [1.29, 1.82) is 0 Å². The van der Waals surface area contributed by atoms with Crippen molar-refractivity contribution in [3.63, 3.8) is 0 Å². The molecule has 20 heavy (non-hydrogen) atoms. The first-order chi connectivity index (χ1) is 9.49. The number of carbonyl (C=O) groups excluding carboxylic acids is 1. The first kappa shape index (κ1) is 14.9. The standard InChI is InChI=1S/C16H24N2O2/c1-13-5-7-14(8-6-13)20-11-15(19)18-10-4-9-17-12-16(18,2)3/h5-8,17H,4,9-12H2,1-3H3. The van der Waals surface area contributed by atoms with E-state index in [1.165, 1.54) is 5.56 Å². The second-order valence-corrected chi connectivity index (χ2v) is 5.99. The lowest BCUT2D eigenvalue weighted by Crippen LogP contribution is -2.52. The van der Waals surface area contributed by atoms with Crippen LogP contribution in [0.5, 0.6) is 5.75 Å². The molecule has 1 saturated heterocycles. The third-order valence-corrected chi connectivity index (χ3v) is 3.71. The summed E-state index contributed by atoms with van der Waals surface area (Å²) in [7, 11) is 0. The highest BCUT2D eigenvalue weighted by Crippen LogP contribution is 2.17. The van der Waals surface area contributed by atoms with Crippen LogP contribution in [0, 0.1) is 6.92 Å². The van der Waals surface area contributed by atoms with Crippen molar-refractivity contribution in [3.8, 4) is 5.75 Å². The molecule has 1 aliphatic rings. The molecule has 2 rings (SSSR count). The Morgan fingerprint density at radius 3 is 2.75 bits per heavy atom. The van der Waals surface area contributed by atoms with Gasteiger partial charge in [0.15, 0.2) is 6.61 Å². The van der Waals surface area contributed by atoms with Gasteiger partial charge < -0.3 is 15.0 Å². The molecule has 0 bridgehead atoms. The zero-order chi connectivity index (χ0) is 14.6. The van der Waals surface area contributed by atoms with Gasteiger partial charge in [-0.1, -0.05) is 17.7 Å². The predicted molar refractivity (Wildman–Crippen MR) is 80.0 cm³/mol. The van der Waals surface area contributed by atoms with Crippen molar-refractivity contribution in [2.45, 2.75) is 32.7 Å². The molecule has 4 heteroatoms. The molecule has 0 unspecified atom stereocenters. The minimum atomic E-state index is -0.162. The minimum absolute atomic E-state index is 0.0549. The molecule has 0 aromatic heterocycles. The number of rotatable bonds is 3. The molecule has 4 nitrogen and oxygen atoms in total. The van der Waals surface area contributed by atoms with Gasteiger partial charge in [0.2, 0.25) is 0 Å². The summed E-state index contributed by atoms with van der Waals surface area (Å²) in [5.74, 6) is 0.800. The smallest absolute Gasteiger partial charge is 0.260 e. The first-order valence-corrected chi connectivity index (χ1v) is 7.20. The zero-order valence-electron chi connectivity index (χ0n) is 12.6. The molecule has 0 saturated carbocycles. The third-order valence-electron chi connectivity index (χ3n) is 3.71. The van der Waals surface area contributed by atoms with E-state index in [9.17, 15) is 4.79 Å². The van der Waals surface area contributed by atoms with Crippen LogP contribution in [0.1, 0.15) is 25.8 Å². The summed E-state index contributed by atoms with van der Waals surface area (Å²) in [5.41, 5.74) is 1.02. The van der Waals surface area contributed by atoms with Gasteiger partial charge in [0.05, 0.1) is 0 Å². The predicted octanol–water partition coefficient (Wildman–Crippen LogP) is 1.97. The Hall–Kier alpha value is -1.55. The van der Waals surface area contributed by atoms with Gasteiger partial charge in [-0.3, -0.25) is 4.79 Å². The topological polar surface area (TPSA) is 41.6 Å². The maximum absolute atomic E-state index is 12.4. The molecule has 0 spiro atoms. The molecule has 110 valence electrons. The number of nitrogens with one attached hydrogen (secondary N) is 1. The molecule has 0 radical (unpaired) electrons. The van der Waals surface area contributed by atoms with Crippen LogP contribution < -0.4 is 10.1 Å². The fraction of sp³-hybridized carbons (Fsp3) is 0.562. The number of benzene rings is 1. The van der Waals surface area contributed by atoms with Crippen LogP contribution in [0.4, 0.5) is 0 Å². The van der Waals surface area contributed by atoms with Gasteiger partial charge in [0, 0.05) is 18.6 Å². The number of carbonyl (C=O) groups is 1. The lowest BCUT2D eigenvalue weighted by molar-refractivity contribution is -0.138. The van der Waals surface area contributed by atoms with Gasteiger partial charge in [0.25, 0.3) is 5.91 Å². The van der Waals surface area contributed by atoms with Gasteiger partial charge in [-0.05, 0) is 45.9 Å². The maximum atomic E-state index is 12.4. The largest absolute Gasteiger partial charge is 0.484 e. The monoisotopic (exact) mass is 276 g/mol. The van der Waals surface area contributed by atoms with E-state index in [1.54, 1.807) is 0 Å². The van der Waals surface area contributed by atoms with Crippen LogP contribution in [0.2, 0.25) is 0 Å². The van der Waals surface area contributed by atoms with Crippen molar-refractivity contribution >= 4 is 5.91 Å². The summed E-state index contributed by atoms with van der Waals surface area (Å²) in [6, 6.07) is 7.77. The van der Waals surface area contributed by atoms with Crippen LogP contribution >= 0.6 is 0 Å². The highest BCUT2D eigenvalue weighted by Gasteiger charge is 2.31. The van der Waals surface area contributed by atoms with E-state index < -0.39 is 0 Å². The number of hydrogen-bond acceptors (Lipinski definition) is 3. The molecule has 1 aromatic rings. The second kappa shape index (κ2) is 6.27. The van der Waals surface area contributed by atoms with Crippen LogP contribution in [0.3, 0.4) is 0 Å². The molecule has 1 aliphatic heterocycles. The molecule has 1 fully saturated rings. The Bertz CT molecular complexity index is 454. The van der Waals surface area contributed by atoms with Crippen molar-refractivity contribution in [2.75, 3.05) is 26.2 Å². The fourth-order valence-corrected chi connectivity index (χ4v) is 2.47. The SMILES string of the molecule is Cc1ccc(OCC(=O)N2CCCNCC2(C)C)cc1. The van der Waals surface area contributed by atoms with E-state index >= 15 is 0 Å². The van der Waals surface area contributed by atoms with Crippen LogP contribution in [-0.4, -0.2) is 42.6 Å². The normalized spacial score (nSPS) is 18.4. The van der Waals surface area contributed by atoms with E-state index in [4.69, 9.17) is 4.74 Å². The minimum Gasteiger partial charge on any atom is -0.484 e. The number of hydrogen-bond donors (Lipinski definition) is 1. The fourth-order valence-electron chi connectivity index (χ4n) is 2.47. The van der Waals surface area contributed by atoms with Gasteiger partial charge >= 0.3 is 0 Å². The molecule has 1 aromatic carbocycles. The quantitative estimate of drug-likeness (QED) is 0.918. The van der Waals surface area contributed by atoms with Crippen LogP contribution in [-0.2, 0) is 4.79 Å². The molecular formula is C16H24N2O2. The summed E-state index contributed by atoms with van der Waals surface area (Å²) < 4.78 is 5.60. The number of nitrogens with zero attached hydrogens (tertiary/aromatic N) is 1. The molecule has 1 heterocycles. The molecular weight excluding hydrogens is 252 g/mol. The molecule has 1 amide bonds. The van der Waals surface area contributed by atoms with E-state index in [-0.39, 0.29) is 18.1 Å². The Kier molecular flexibility index (Phi) is 4.65. The van der Waals surface area contributed by atoms with E-state index in [0.29, 0.717) is 0 Å². The van der Waals surface area contributed by atoms with Gasteiger partial charge in [-0.15, -0.1) is 0 Å². The van der Waals surface area contributed by atoms with Gasteiger partial charge in [-0.25, -0.2) is 0 Å². The molecule has 0 aliphatic carbocycles. The lowest BCUT2D eigenvalue weighted by atomic mass is 10.0. The third kappa shape index (κ3) is 3.73. The van der Waals surface area contributed by atoms with Crippen LogP contribution in [0.25, 0.3) is 0 Å². The first-order valence-electron chi connectivity index (χ1n) is 7.20. The maximum Gasteiger partial charge on any atom is 0.260 e. The van der Waals surface area contributed by atoms with E-state index in [1.807, 2.05) is 36.1 Å². The van der Waals surface area contributed by atoms with Crippen molar-refractivity contribution in [1.82, 2.24) is 10.2 Å². The average Bonchev–Trinajstić information content (AvgIpc) is 2.58. The van der Waals surface area contributed by atoms with E-state index in [2.05, 4.69) is 19.2 Å². The number of amides is 1. The molecule has 1 N–H and O–H groups in total. The Labute approximate surface area is 121 Å². The Balaban J connectivity index is 1.94. The zero-order valence-corrected chi connectivity index (χ0v) is 12.6. The van der Waals surface area contributed by atoms with Crippen molar-refractivity contribution in [2.24, 2.45) is 0 Å². The van der Waals surface area contributed by atoms with E-state index in [0.717, 1.165) is 31.8 Å². The number of aryl methyl sites for hydroxylation is 1. The average molecular weight is 276 g/mol. The highest BCUT2D eigenvalue weighted by atomic mass is 16.5. The highest BCUT2D eigenvalue weighted by molar-refractivity contribution is 5.78. The lowest BCUT2D eigenvalue weighted by Gasteiger charge is -2.36. The molecule has 0 atom stereocenters. The number of ether oxygens (including phenoxy) is 1. The van der Waals surface area contributed by atoms with Crippen molar-refractivity contribution in [3.05, 3.63) is 29.8 Å². The van der Waals surface area contributed by atoms with Gasteiger partial charge in [0.1, 0.15) is 5.75 Å². The van der Waals surface area contributed by atoms with Crippen molar-refractivity contribution < 1.29 is 9.53 Å².